The van der Waals surface area contributed by atoms with Crippen molar-refractivity contribution < 1.29 is 4.79 Å². The van der Waals surface area contributed by atoms with Gasteiger partial charge < -0.3 is 10.2 Å². The van der Waals surface area contributed by atoms with Crippen molar-refractivity contribution in [2.45, 2.75) is 50.7 Å². The van der Waals surface area contributed by atoms with Crippen LogP contribution in [0.4, 0.5) is 5.82 Å². The molecule has 1 saturated heterocycles. The van der Waals surface area contributed by atoms with E-state index >= 15 is 0 Å². The van der Waals surface area contributed by atoms with E-state index in [-0.39, 0.29) is 11.9 Å². The molecule has 2 aromatic rings. The molecule has 0 saturated carbocycles. The smallest absolute Gasteiger partial charge is 0.261 e. The summed E-state index contributed by atoms with van der Waals surface area (Å²) in [5, 5.41) is 4.82. The van der Waals surface area contributed by atoms with Crippen molar-refractivity contribution >= 4 is 45.0 Å². The Hall–Kier alpha value is -1.34. The molecule has 1 aliphatic heterocycles. The first-order chi connectivity index (χ1) is 11.6. The van der Waals surface area contributed by atoms with Gasteiger partial charge in [0.15, 0.2) is 5.16 Å². The molecule has 0 radical (unpaired) electrons. The second-order valence-electron chi connectivity index (χ2n) is 6.19. The van der Waals surface area contributed by atoms with Crippen LogP contribution in [0.15, 0.2) is 11.2 Å². The predicted molar refractivity (Wildman–Crippen MR) is 102 cm³/mol. The molecule has 1 aliphatic rings. The minimum Gasteiger partial charge on any atom is -0.356 e. The lowest BCUT2D eigenvalue weighted by molar-refractivity contribution is 0.0943. The second-order valence-corrected chi connectivity index (χ2v) is 8.00. The number of amides is 1. The van der Waals surface area contributed by atoms with Gasteiger partial charge in [0, 0.05) is 19.1 Å². The maximum Gasteiger partial charge on any atom is 0.261 e. The Kier molecular flexibility index (Phi) is 5.61. The first-order valence-corrected chi connectivity index (χ1v) is 10.6. The third-order valence-electron chi connectivity index (χ3n) is 4.40. The van der Waals surface area contributed by atoms with Crippen molar-refractivity contribution in [1.29, 1.82) is 0 Å². The Bertz CT molecular complexity index is 725. The van der Waals surface area contributed by atoms with Crippen molar-refractivity contribution in [1.82, 2.24) is 15.3 Å². The second kappa shape index (κ2) is 7.70. The first-order valence-electron chi connectivity index (χ1n) is 8.53. The van der Waals surface area contributed by atoms with Gasteiger partial charge in [-0.1, -0.05) is 18.7 Å². The number of hydrogen-bond donors (Lipinski definition) is 1. The van der Waals surface area contributed by atoms with Gasteiger partial charge in [-0.25, -0.2) is 9.97 Å². The lowest BCUT2D eigenvalue weighted by Gasteiger charge is -2.28. The fourth-order valence-corrected chi connectivity index (χ4v) is 4.18. The van der Waals surface area contributed by atoms with Crippen LogP contribution in [0.2, 0.25) is 0 Å². The SMILES string of the molecule is CC[C@H](C)NC(=O)c1cc2c(N3CCCCC3)nc(SC)nc2s1. The topological polar surface area (TPSA) is 58.1 Å². The molecule has 1 N–H and O–H groups in total. The Balaban J connectivity index is 1.99. The van der Waals surface area contributed by atoms with Gasteiger partial charge in [-0.3, -0.25) is 4.79 Å². The van der Waals surface area contributed by atoms with E-state index in [1.54, 1.807) is 11.8 Å². The van der Waals surface area contributed by atoms with Gasteiger partial charge in [0.25, 0.3) is 5.91 Å². The van der Waals surface area contributed by atoms with Crippen LogP contribution in [0.5, 0.6) is 0 Å². The highest BCUT2D eigenvalue weighted by Gasteiger charge is 2.21. The average molecular weight is 365 g/mol. The molecule has 1 amide bonds. The highest BCUT2D eigenvalue weighted by Crippen LogP contribution is 2.33. The number of carbonyl (C=O) groups is 1. The normalized spacial score (nSPS) is 16.4. The summed E-state index contributed by atoms with van der Waals surface area (Å²) in [6, 6.07) is 2.14. The monoisotopic (exact) mass is 364 g/mol. The van der Waals surface area contributed by atoms with E-state index in [0.717, 1.165) is 45.6 Å². The zero-order valence-corrected chi connectivity index (χ0v) is 16.1. The summed E-state index contributed by atoms with van der Waals surface area (Å²) in [7, 11) is 0. The third-order valence-corrected chi connectivity index (χ3v) is 5.98. The summed E-state index contributed by atoms with van der Waals surface area (Å²) < 4.78 is 0. The number of thiophene rings is 1. The molecular formula is C17H24N4OS2. The number of thioether (sulfide) groups is 1. The van der Waals surface area contributed by atoms with Gasteiger partial charge in [0.2, 0.25) is 0 Å². The van der Waals surface area contributed by atoms with Crippen LogP contribution in [0.1, 0.15) is 49.2 Å². The maximum atomic E-state index is 12.5. The molecule has 0 unspecified atom stereocenters. The molecule has 5 nitrogen and oxygen atoms in total. The van der Waals surface area contributed by atoms with Crippen LogP contribution in [0, 0.1) is 0 Å². The summed E-state index contributed by atoms with van der Waals surface area (Å²) in [5.41, 5.74) is 0. The van der Waals surface area contributed by atoms with Gasteiger partial charge in [-0.05, 0) is 44.9 Å². The van der Waals surface area contributed by atoms with Crippen molar-refractivity contribution in [2.75, 3.05) is 24.2 Å². The first kappa shape index (κ1) is 17.5. The van der Waals surface area contributed by atoms with Crippen LogP contribution in [-0.4, -0.2) is 41.3 Å². The number of anilines is 1. The van der Waals surface area contributed by atoms with E-state index < -0.39 is 0 Å². The van der Waals surface area contributed by atoms with E-state index in [1.807, 2.05) is 19.2 Å². The minimum absolute atomic E-state index is 0.0114. The molecule has 1 fully saturated rings. The van der Waals surface area contributed by atoms with Crippen molar-refractivity contribution in [3.05, 3.63) is 10.9 Å². The standard InChI is InChI=1S/C17H24N4OS2/c1-4-11(2)18-15(22)13-10-12-14(21-8-6-5-7-9-21)19-17(23-3)20-16(12)24-13/h10-11H,4-9H2,1-3H3,(H,18,22)/t11-/m0/s1. The fourth-order valence-electron chi connectivity index (χ4n) is 2.83. The van der Waals surface area contributed by atoms with Gasteiger partial charge in [-0.2, -0.15) is 0 Å². The van der Waals surface area contributed by atoms with E-state index in [1.165, 1.54) is 30.6 Å². The molecular weight excluding hydrogens is 340 g/mol. The summed E-state index contributed by atoms with van der Waals surface area (Å²) in [6.45, 7) is 6.16. The molecule has 130 valence electrons. The summed E-state index contributed by atoms with van der Waals surface area (Å²) in [4.78, 5) is 25.8. The summed E-state index contributed by atoms with van der Waals surface area (Å²) in [5.74, 6) is 0.977. The van der Waals surface area contributed by atoms with Crippen LogP contribution in [0.25, 0.3) is 10.2 Å². The molecule has 1 atom stereocenters. The van der Waals surface area contributed by atoms with E-state index in [0.29, 0.717) is 0 Å². The van der Waals surface area contributed by atoms with E-state index in [2.05, 4.69) is 22.1 Å². The molecule has 3 heterocycles. The Labute approximate surface area is 151 Å². The number of nitrogens with zero attached hydrogens (tertiary/aromatic N) is 3. The molecule has 0 spiro atoms. The number of fused-ring (bicyclic) bond motifs is 1. The number of carbonyl (C=O) groups excluding carboxylic acids is 1. The number of rotatable bonds is 5. The predicted octanol–water partition coefficient (Wildman–Crippen LogP) is 3.93. The zero-order valence-electron chi connectivity index (χ0n) is 14.5. The zero-order chi connectivity index (χ0) is 17.1. The van der Waals surface area contributed by atoms with Gasteiger partial charge in [-0.15, -0.1) is 11.3 Å². The number of aromatic nitrogens is 2. The Morgan fingerprint density at radius 2 is 2.12 bits per heavy atom. The van der Waals surface area contributed by atoms with Gasteiger partial charge in [0.1, 0.15) is 10.6 Å². The van der Waals surface area contributed by atoms with E-state index in [4.69, 9.17) is 4.98 Å². The number of hydrogen-bond acceptors (Lipinski definition) is 6. The number of piperidine rings is 1. The largest absolute Gasteiger partial charge is 0.356 e. The highest BCUT2D eigenvalue weighted by atomic mass is 32.2. The highest BCUT2D eigenvalue weighted by molar-refractivity contribution is 7.98. The molecule has 3 rings (SSSR count). The lowest BCUT2D eigenvalue weighted by Crippen LogP contribution is -2.31. The fraction of sp³-hybridized carbons (Fsp3) is 0.588. The van der Waals surface area contributed by atoms with Crippen molar-refractivity contribution in [2.24, 2.45) is 0 Å². The third kappa shape index (κ3) is 3.67. The average Bonchev–Trinajstić information content (AvgIpc) is 3.05. The minimum atomic E-state index is -0.0114. The Morgan fingerprint density at radius 3 is 2.79 bits per heavy atom. The van der Waals surface area contributed by atoms with Crippen molar-refractivity contribution in [3.63, 3.8) is 0 Å². The van der Waals surface area contributed by atoms with Crippen LogP contribution < -0.4 is 10.2 Å². The molecule has 0 bridgehead atoms. The van der Waals surface area contributed by atoms with Crippen LogP contribution >= 0.6 is 23.1 Å². The molecule has 0 aliphatic carbocycles. The molecule has 7 heteroatoms. The van der Waals surface area contributed by atoms with E-state index in [9.17, 15) is 4.79 Å². The van der Waals surface area contributed by atoms with Gasteiger partial charge in [0.05, 0.1) is 10.3 Å². The molecule has 0 aromatic carbocycles. The summed E-state index contributed by atoms with van der Waals surface area (Å²) in [6.07, 6.45) is 6.60. The Morgan fingerprint density at radius 1 is 1.38 bits per heavy atom. The quantitative estimate of drug-likeness (QED) is 0.643. The van der Waals surface area contributed by atoms with Gasteiger partial charge >= 0.3 is 0 Å². The molecule has 2 aromatic heterocycles. The lowest BCUT2D eigenvalue weighted by atomic mass is 10.1. The number of nitrogens with one attached hydrogen (secondary N) is 1. The summed E-state index contributed by atoms with van der Waals surface area (Å²) >= 11 is 3.01. The maximum absolute atomic E-state index is 12.5. The van der Waals surface area contributed by atoms with Crippen LogP contribution in [-0.2, 0) is 0 Å². The van der Waals surface area contributed by atoms with Crippen molar-refractivity contribution in [3.8, 4) is 0 Å². The van der Waals surface area contributed by atoms with Crippen LogP contribution in [0.3, 0.4) is 0 Å². The molecule has 24 heavy (non-hydrogen) atoms.